The predicted octanol–water partition coefficient (Wildman–Crippen LogP) is 5.91. The Balaban J connectivity index is 1.53. The highest BCUT2D eigenvalue weighted by Gasteiger charge is 2.24. The lowest BCUT2D eigenvalue weighted by molar-refractivity contribution is -0.386. The number of hydrogen-bond donors (Lipinski definition) is 1. The van der Waals surface area contributed by atoms with Crippen molar-refractivity contribution in [3.05, 3.63) is 104 Å². The monoisotopic (exact) mass is 570 g/mol. The van der Waals surface area contributed by atoms with Crippen molar-refractivity contribution in [1.82, 2.24) is 9.66 Å². The molecule has 11 nitrogen and oxygen atoms in total. The molecule has 5 rings (SSSR count). The highest BCUT2D eigenvalue weighted by Crippen LogP contribution is 2.39. The molecule has 0 amide bonds. The van der Waals surface area contributed by atoms with Gasteiger partial charge in [0.25, 0.3) is 5.56 Å². The van der Waals surface area contributed by atoms with Crippen LogP contribution in [0.15, 0.2) is 70.6 Å². The average Bonchev–Trinajstić information content (AvgIpc) is 3.00. The zero-order valence-electron chi connectivity index (χ0n) is 23.1. The molecule has 0 unspecified atom stereocenters. The van der Waals surface area contributed by atoms with Crippen LogP contribution in [-0.2, 0) is 6.61 Å². The molecule has 0 spiro atoms. The SMILES string of the molecule is CCOc1cc(C=Nn2c(C3CCCCC3)nc3ccccc3c2=O)cc([N+](=O)[O-])c1OCc1cccc(C(=O)O)c1. The molecule has 1 heterocycles. The maximum absolute atomic E-state index is 13.5. The van der Waals surface area contributed by atoms with E-state index in [-0.39, 0.29) is 47.4 Å². The van der Waals surface area contributed by atoms with Gasteiger partial charge in [-0.2, -0.15) is 9.78 Å². The van der Waals surface area contributed by atoms with Crippen molar-refractivity contribution in [2.45, 2.75) is 51.6 Å². The van der Waals surface area contributed by atoms with Crippen LogP contribution in [0, 0.1) is 10.1 Å². The number of benzene rings is 3. The number of carbonyl (C=O) groups is 1. The molecule has 1 fully saturated rings. The zero-order chi connectivity index (χ0) is 29.6. The van der Waals surface area contributed by atoms with Crippen molar-refractivity contribution in [2.75, 3.05) is 6.61 Å². The quantitative estimate of drug-likeness (QED) is 0.141. The fourth-order valence-corrected chi connectivity index (χ4v) is 5.18. The maximum atomic E-state index is 13.5. The predicted molar refractivity (Wildman–Crippen MR) is 157 cm³/mol. The number of nitrogens with zero attached hydrogens (tertiary/aromatic N) is 4. The van der Waals surface area contributed by atoms with Gasteiger partial charge in [0.05, 0.1) is 34.2 Å². The molecular weight excluding hydrogens is 540 g/mol. The zero-order valence-corrected chi connectivity index (χ0v) is 23.1. The van der Waals surface area contributed by atoms with Gasteiger partial charge >= 0.3 is 11.7 Å². The van der Waals surface area contributed by atoms with Crippen LogP contribution in [0.2, 0.25) is 0 Å². The van der Waals surface area contributed by atoms with Gasteiger partial charge in [0.15, 0.2) is 5.75 Å². The fourth-order valence-electron chi connectivity index (χ4n) is 5.18. The summed E-state index contributed by atoms with van der Waals surface area (Å²) in [5.74, 6) is -0.394. The Bertz CT molecular complexity index is 1720. The van der Waals surface area contributed by atoms with Gasteiger partial charge in [-0.3, -0.25) is 14.9 Å². The van der Waals surface area contributed by atoms with Crippen LogP contribution < -0.4 is 15.0 Å². The minimum absolute atomic E-state index is 0.0770. The molecule has 1 saturated carbocycles. The summed E-state index contributed by atoms with van der Waals surface area (Å²) < 4.78 is 12.8. The lowest BCUT2D eigenvalue weighted by atomic mass is 9.88. The van der Waals surface area contributed by atoms with Crippen LogP contribution in [0.25, 0.3) is 10.9 Å². The minimum atomic E-state index is -1.09. The van der Waals surface area contributed by atoms with E-state index in [9.17, 15) is 24.8 Å². The van der Waals surface area contributed by atoms with Gasteiger partial charge in [-0.15, -0.1) is 0 Å². The van der Waals surface area contributed by atoms with Crippen molar-refractivity contribution in [1.29, 1.82) is 0 Å². The second-order valence-electron chi connectivity index (χ2n) is 10.0. The Labute approximate surface area is 241 Å². The van der Waals surface area contributed by atoms with E-state index in [4.69, 9.17) is 14.5 Å². The molecule has 4 aromatic rings. The molecule has 0 atom stereocenters. The van der Waals surface area contributed by atoms with Crippen molar-refractivity contribution < 1.29 is 24.3 Å². The Morgan fingerprint density at radius 1 is 1.12 bits per heavy atom. The number of nitro groups is 1. The maximum Gasteiger partial charge on any atom is 0.335 e. The van der Waals surface area contributed by atoms with Crippen LogP contribution in [0.5, 0.6) is 11.5 Å². The topological polar surface area (TPSA) is 146 Å². The molecule has 3 aromatic carbocycles. The standard InChI is InChI=1S/C31H30N4O7/c1-2-41-27-17-21(16-26(35(39)40)28(27)42-19-20-9-8-12-23(15-20)31(37)38)18-32-34-29(22-10-4-3-5-11-22)33-25-14-7-6-13-24(25)30(34)36/h6-9,12-18,22H,2-5,10-11,19H2,1H3,(H,37,38). The Hall–Kier alpha value is -5.06. The van der Waals surface area contributed by atoms with E-state index < -0.39 is 10.9 Å². The van der Waals surface area contributed by atoms with E-state index in [1.54, 1.807) is 37.3 Å². The Kier molecular flexibility index (Phi) is 8.56. The molecule has 0 bridgehead atoms. The van der Waals surface area contributed by atoms with Crippen molar-refractivity contribution in [2.24, 2.45) is 5.10 Å². The number of carboxylic acids is 1. The number of aromatic carboxylic acids is 1. The van der Waals surface area contributed by atoms with Crippen molar-refractivity contribution in [3.8, 4) is 11.5 Å². The van der Waals surface area contributed by atoms with Gasteiger partial charge in [0.2, 0.25) is 5.75 Å². The molecule has 1 aliphatic carbocycles. The summed E-state index contributed by atoms with van der Waals surface area (Å²) in [6.45, 7) is 1.84. The normalized spacial score (nSPS) is 13.8. The number of para-hydroxylation sites is 1. The minimum Gasteiger partial charge on any atom is -0.490 e. The molecule has 1 N–H and O–H groups in total. The third kappa shape index (κ3) is 6.14. The highest BCUT2D eigenvalue weighted by molar-refractivity contribution is 5.87. The average molecular weight is 571 g/mol. The third-order valence-electron chi connectivity index (χ3n) is 7.18. The molecule has 11 heteroatoms. The second kappa shape index (κ2) is 12.6. The molecule has 1 aliphatic rings. The van der Waals surface area contributed by atoms with E-state index in [2.05, 4.69) is 5.10 Å². The van der Waals surface area contributed by atoms with Gasteiger partial charge in [-0.25, -0.2) is 9.78 Å². The number of carboxylic acid groups (broad SMARTS) is 1. The lowest BCUT2D eigenvalue weighted by Gasteiger charge is -2.22. The number of ether oxygens (including phenoxy) is 2. The highest BCUT2D eigenvalue weighted by atomic mass is 16.6. The van der Waals surface area contributed by atoms with Crippen LogP contribution in [0.1, 0.15) is 72.3 Å². The van der Waals surface area contributed by atoms with Crippen LogP contribution in [-0.4, -0.2) is 38.5 Å². The van der Waals surface area contributed by atoms with Crippen LogP contribution in [0.4, 0.5) is 5.69 Å². The van der Waals surface area contributed by atoms with E-state index >= 15 is 0 Å². The van der Waals surface area contributed by atoms with Gasteiger partial charge in [0, 0.05) is 17.5 Å². The van der Waals surface area contributed by atoms with Gasteiger partial charge in [-0.05, 0) is 55.7 Å². The third-order valence-corrected chi connectivity index (χ3v) is 7.18. The molecule has 0 aliphatic heterocycles. The summed E-state index contributed by atoms with van der Waals surface area (Å²) in [4.78, 5) is 41.2. The smallest absolute Gasteiger partial charge is 0.335 e. The van der Waals surface area contributed by atoms with Crippen molar-refractivity contribution in [3.63, 3.8) is 0 Å². The second-order valence-corrected chi connectivity index (χ2v) is 10.0. The van der Waals surface area contributed by atoms with Gasteiger partial charge in [-0.1, -0.05) is 43.5 Å². The first-order valence-electron chi connectivity index (χ1n) is 13.8. The Morgan fingerprint density at radius 2 is 1.90 bits per heavy atom. The van der Waals surface area contributed by atoms with E-state index in [0.29, 0.717) is 27.9 Å². The Morgan fingerprint density at radius 3 is 2.64 bits per heavy atom. The summed E-state index contributed by atoms with van der Waals surface area (Å²) in [5.41, 5.74) is 0.886. The fraction of sp³-hybridized carbons (Fsp3) is 0.290. The number of fused-ring (bicyclic) bond motifs is 1. The van der Waals surface area contributed by atoms with E-state index in [1.165, 1.54) is 29.1 Å². The first kappa shape index (κ1) is 28.5. The molecule has 0 radical (unpaired) electrons. The van der Waals surface area contributed by atoms with Gasteiger partial charge in [0.1, 0.15) is 12.4 Å². The molecular formula is C31H30N4O7. The lowest BCUT2D eigenvalue weighted by Crippen LogP contribution is -2.25. The number of aromatic nitrogens is 2. The summed E-state index contributed by atoms with van der Waals surface area (Å²) in [6, 6.07) is 16.1. The number of nitro benzene ring substituents is 1. The number of rotatable bonds is 10. The molecule has 216 valence electrons. The van der Waals surface area contributed by atoms with E-state index in [1.807, 2.05) is 12.1 Å². The summed E-state index contributed by atoms with van der Waals surface area (Å²) in [5, 5.41) is 26.3. The van der Waals surface area contributed by atoms with E-state index in [0.717, 1.165) is 32.1 Å². The van der Waals surface area contributed by atoms with Gasteiger partial charge < -0.3 is 14.6 Å². The first-order valence-corrected chi connectivity index (χ1v) is 13.8. The summed E-state index contributed by atoms with van der Waals surface area (Å²) in [6.07, 6.45) is 6.43. The first-order chi connectivity index (χ1) is 20.4. The van der Waals surface area contributed by atoms with Crippen molar-refractivity contribution >= 4 is 28.8 Å². The largest absolute Gasteiger partial charge is 0.490 e. The molecule has 42 heavy (non-hydrogen) atoms. The number of hydrogen-bond acceptors (Lipinski definition) is 8. The summed E-state index contributed by atoms with van der Waals surface area (Å²) in [7, 11) is 0. The molecule has 0 saturated heterocycles. The summed E-state index contributed by atoms with van der Waals surface area (Å²) >= 11 is 0. The van der Waals surface area contributed by atoms with Crippen LogP contribution >= 0.6 is 0 Å². The molecule has 1 aromatic heterocycles. The van der Waals surface area contributed by atoms with Crippen LogP contribution in [0.3, 0.4) is 0 Å².